The van der Waals surface area contributed by atoms with E-state index in [4.69, 9.17) is 9.47 Å². The summed E-state index contributed by atoms with van der Waals surface area (Å²) in [5, 5.41) is 0.625. The van der Waals surface area contributed by atoms with Crippen molar-refractivity contribution in [3.8, 4) is 11.3 Å². The summed E-state index contributed by atoms with van der Waals surface area (Å²) in [4.78, 5) is 28.8. The summed E-state index contributed by atoms with van der Waals surface area (Å²) in [6, 6.07) is 16.2. The standard InChI is InChI=1S/C20H17NO4/c1-3-25-19(22)14-9-10-15-16(20(23)24-2)12-17(21-18(15)11-14)13-7-5-4-6-8-13/h4-12H,3H2,1-2H3. The van der Waals surface area contributed by atoms with E-state index in [1.165, 1.54) is 7.11 Å². The Morgan fingerprint density at radius 2 is 1.76 bits per heavy atom. The molecule has 25 heavy (non-hydrogen) atoms. The molecule has 3 rings (SSSR count). The molecule has 3 aromatic rings. The molecule has 126 valence electrons. The monoisotopic (exact) mass is 335 g/mol. The van der Waals surface area contributed by atoms with Crippen LogP contribution >= 0.6 is 0 Å². The predicted octanol–water partition coefficient (Wildman–Crippen LogP) is 3.87. The summed E-state index contributed by atoms with van der Waals surface area (Å²) >= 11 is 0. The maximum atomic E-state index is 12.2. The van der Waals surface area contributed by atoms with Crippen LogP contribution in [0.2, 0.25) is 0 Å². The molecular weight excluding hydrogens is 318 g/mol. The minimum atomic E-state index is -0.450. The van der Waals surface area contributed by atoms with Gasteiger partial charge in [-0.05, 0) is 25.1 Å². The van der Waals surface area contributed by atoms with E-state index in [0.29, 0.717) is 34.3 Å². The molecule has 0 spiro atoms. The molecule has 0 saturated carbocycles. The number of pyridine rings is 1. The van der Waals surface area contributed by atoms with E-state index in [-0.39, 0.29) is 0 Å². The van der Waals surface area contributed by atoms with E-state index in [9.17, 15) is 9.59 Å². The van der Waals surface area contributed by atoms with Crippen LogP contribution in [-0.4, -0.2) is 30.6 Å². The van der Waals surface area contributed by atoms with Gasteiger partial charge in [-0.2, -0.15) is 0 Å². The predicted molar refractivity (Wildman–Crippen MR) is 94.5 cm³/mol. The number of fused-ring (bicyclic) bond motifs is 1. The fourth-order valence-corrected chi connectivity index (χ4v) is 2.61. The fraction of sp³-hybridized carbons (Fsp3) is 0.150. The first-order chi connectivity index (χ1) is 12.1. The highest BCUT2D eigenvalue weighted by Gasteiger charge is 2.16. The first kappa shape index (κ1) is 16.6. The number of hydrogen-bond donors (Lipinski definition) is 0. The van der Waals surface area contributed by atoms with Crippen LogP contribution in [0.15, 0.2) is 54.6 Å². The van der Waals surface area contributed by atoms with Crippen LogP contribution in [-0.2, 0) is 9.47 Å². The van der Waals surface area contributed by atoms with Crippen LogP contribution in [0, 0.1) is 0 Å². The zero-order chi connectivity index (χ0) is 17.8. The van der Waals surface area contributed by atoms with E-state index >= 15 is 0 Å². The molecule has 0 atom stereocenters. The van der Waals surface area contributed by atoms with Crippen molar-refractivity contribution in [2.75, 3.05) is 13.7 Å². The van der Waals surface area contributed by atoms with Crippen molar-refractivity contribution in [1.29, 1.82) is 0 Å². The molecule has 0 bridgehead atoms. The van der Waals surface area contributed by atoms with Crippen LogP contribution in [0.4, 0.5) is 0 Å². The zero-order valence-electron chi connectivity index (χ0n) is 14.0. The average molecular weight is 335 g/mol. The van der Waals surface area contributed by atoms with Gasteiger partial charge in [-0.3, -0.25) is 0 Å². The Bertz CT molecular complexity index is 935. The second-order valence-corrected chi connectivity index (χ2v) is 5.37. The summed E-state index contributed by atoms with van der Waals surface area (Å²) in [5.41, 5.74) is 2.84. The molecule has 0 amide bonds. The highest BCUT2D eigenvalue weighted by molar-refractivity contribution is 6.06. The van der Waals surface area contributed by atoms with Gasteiger partial charge in [0.15, 0.2) is 0 Å². The highest BCUT2D eigenvalue weighted by Crippen LogP contribution is 2.26. The molecular formula is C20H17NO4. The van der Waals surface area contributed by atoms with E-state index in [2.05, 4.69) is 4.98 Å². The summed E-state index contributed by atoms with van der Waals surface area (Å²) in [5.74, 6) is -0.871. The number of benzene rings is 2. The van der Waals surface area contributed by atoms with Gasteiger partial charge in [-0.15, -0.1) is 0 Å². The molecule has 1 aromatic heterocycles. The van der Waals surface area contributed by atoms with E-state index in [1.54, 1.807) is 31.2 Å². The SMILES string of the molecule is CCOC(=O)c1ccc2c(C(=O)OC)cc(-c3ccccc3)nc2c1. The van der Waals surface area contributed by atoms with Crippen LogP contribution in [0.5, 0.6) is 0 Å². The molecule has 0 unspecified atom stereocenters. The van der Waals surface area contributed by atoms with Crippen molar-refractivity contribution >= 4 is 22.8 Å². The minimum Gasteiger partial charge on any atom is -0.465 e. The molecule has 5 nitrogen and oxygen atoms in total. The van der Waals surface area contributed by atoms with Crippen molar-refractivity contribution in [3.63, 3.8) is 0 Å². The van der Waals surface area contributed by atoms with E-state index in [0.717, 1.165) is 5.56 Å². The van der Waals surface area contributed by atoms with Crippen LogP contribution in [0.3, 0.4) is 0 Å². The van der Waals surface area contributed by atoms with Gasteiger partial charge in [0, 0.05) is 10.9 Å². The zero-order valence-corrected chi connectivity index (χ0v) is 14.0. The second-order valence-electron chi connectivity index (χ2n) is 5.37. The first-order valence-electron chi connectivity index (χ1n) is 7.89. The number of esters is 2. The van der Waals surface area contributed by atoms with Crippen molar-refractivity contribution in [3.05, 3.63) is 65.7 Å². The van der Waals surface area contributed by atoms with Gasteiger partial charge in [-0.1, -0.05) is 36.4 Å². The number of aromatic nitrogens is 1. The molecule has 0 aliphatic rings. The second kappa shape index (κ2) is 7.13. The number of nitrogens with zero attached hydrogens (tertiary/aromatic N) is 1. The lowest BCUT2D eigenvalue weighted by Crippen LogP contribution is -2.07. The van der Waals surface area contributed by atoms with Gasteiger partial charge in [0.25, 0.3) is 0 Å². The lowest BCUT2D eigenvalue weighted by molar-refractivity contribution is 0.0525. The molecule has 0 aliphatic carbocycles. The molecule has 0 saturated heterocycles. The lowest BCUT2D eigenvalue weighted by Gasteiger charge is -2.10. The van der Waals surface area contributed by atoms with Crippen LogP contribution in [0.1, 0.15) is 27.6 Å². The Balaban J connectivity index is 2.22. The third-order valence-corrected chi connectivity index (χ3v) is 3.80. The Morgan fingerprint density at radius 3 is 2.44 bits per heavy atom. The highest BCUT2D eigenvalue weighted by atomic mass is 16.5. The first-order valence-corrected chi connectivity index (χ1v) is 7.89. The number of methoxy groups -OCH3 is 1. The summed E-state index contributed by atoms with van der Waals surface area (Å²) in [7, 11) is 1.34. The van der Waals surface area contributed by atoms with E-state index in [1.807, 2.05) is 30.3 Å². The Kier molecular flexibility index (Phi) is 4.75. The molecule has 0 aliphatic heterocycles. The molecule has 0 radical (unpaired) electrons. The van der Waals surface area contributed by atoms with Gasteiger partial charge in [0.1, 0.15) is 0 Å². The number of rotatable bonds is 4. The normalized spacial score (nSPS) is 10.5. The lowest BCUT2D eigenvalue weighted by atomic mass is 10.0. The summed E-state index contributed by atoms with van der Waals surface area (Å²) in [6.07, 6.45) is 0. The average Bonchev–Trinajstić information content (AvgIpc) is 2.66. The molecule has 0 N–H and O–H groups in total. The molecule has 0 fully saturated rings. The van der Waals surface area contributed by atoms with Crippen molar-refractivity contribution in [2.45, 2.75) is 6.92 Å². The Morgan fingerprint density at radius 1 is 1.00 bits per heavy atom. The van der Waals surface area contributed by atoms with Crippen molar-refractivity contribution in [1.82, 2.24) is 4.98 Å². The van der Waals surface area contributed by atoms with Crippen LogP contribution < -0.4 is 0 Å². The number of ether oxygens (including phenoxy) is 2. The van der Waals surface area contributed by atoms with Gasteiger partial charge < -0.3 is 9.47 Å². The maximum Gasteiger partial charge on any atom is 0.338 e. The largest absolute Gasteiger partial charge is 0.465 e. The Labute approximate surface area is 145 Å². The van der Waals surface area contributed by atoms with Crippen molar-refractivity contribution < 1.29 is 19.1 Å². The third kappa shape index (κ3) is 3.35. The minimum absolute atomic E-state index is 0.293. The van der Waals surface area contributed by atoms with Gasteiger partial charge >= 0.3 is 11.9 Å². The molecule has 5 heteroatoms. The molecule has 2 aromatic carbocycles. The molecule has 1 heterocycles. The van der Waals surface area contributed by atoms with Gasteiger partial charge in [0.2, 0.25) is 0 Å². The third-order valence-electron chi connectivity index (χ3n) is 3.80. The van der Waals surface area contributed by atoms with Crippen molar-refractivity contribution in [2.24, 2.45) is 0 Å². The smallest absolute Gasteiger partial charge is 0.338 e. The Hall–Kier alpha value is -3.21. The number of hydrogen-bond acceptors (Lipinski definition) is 5. The summed E-state index contributed by atoms with van der Waals surface area (Å²) < 4.78 is 9.93. The van der Waals surface area contributed by atoms with Crippen LogP contribution in [0.25, 0.3) is 22.2 Å². The topological polar surface area (TPSA) is 65.5 Å². The number of carbonyl (C=O) groups is 2. The number of carbonyl (C=O) groups excluding carboxylic acids is 2. The quantitative estimate of drug-likeness (QED) is 0.677. The fourth-order valence-electron chi connectivity index (χ4n) is 2.61. The summed E-state index contributed by atoms with van der Waals surface area (Å²) in [6.45, 7) is 2.04. The maximum absolute atomic E-state index is 12.2. The van der Waals surface area contributed by atoms with Gasteiger partial charge in [-0.25, -0.2) is 14.6 Å². The van der Waals surface area contributed by atoms with Gasteiger partial charge in [0.05, 0.1) is 36.1 Å². The van der Waals surface area contributed by atoms with E-state index < -0.39 is 11.9 Å².